The molecular weight excluding hydrogens is 198 g/mol. The highest BCUT2D eigenvalue weighted by Crippen LogP contribution is 2.10. The molecule has 1 heterocycles. The van der Waals surface area contributed by atoms with Crippen molar-refractivity contribution in [2.24, 2.45) is 13.0 Å². The number of hydrogen-bond donors (Lipinski definition) is 0. The average Bonchev–Trinajstić information content (AvgIpc) is 2.78. The first kappa shape index (κ1) is 10.6. The van der Waals surface area contributed by atoms with E-state index in [0.29, 0.717) is 5.56 Å². The van der Waals surface area contributed by atoms with E-state index in [1.807, 2.05) is 54.4 Å². The largest absolute Gasteiger partial charge is 0.289 e. The Morgan fingerprint density at radius 3 is 2.81 bits per heavy atom. The Hall–Kier alpha value is -1.96. The maximum atomic E-state index is 11.8. The number of ketones is 1. The summed E-state index contributed by atoms with van der Waals surface area (Å²) in [4.78, 5) is 11.8. The van der Waals surface area contributed by atoms with Crippen LogP contribution in [0.1, 0.15) is 10.4 Å². The Balaban J connectivity index is 2.08. The van der Waals surface area contributed by atoms with Gasteiger partial charge in [0.2, 0.25) is 0 Å². The molecule has 2 heteroatoms. The van der Waals surface area contributed by atoms with E-state index >= 15 is 0 Å². The van der Waals surface area contributed by atoms with Crippen LogP contribution in [0.15, 0.2) is 61.0 Å². The third kappa shape index (κ3) is 2.54. The maximum Gasteiger partial charge on any atom is 0.191 e. The molecule has 2 rings (SSSR count). The first-order chi connectivity index (χ1) is 7.75. The van der Waals surface area contributed by atoms with Crippen molar-refractivity contribution in [2.45, 2.75) is 0 Å². The number of nitrogens with zero attached hydrogens (tertiary/aromatic N) is 1. The summed E-state index contributed by atoms with van der Waals surface area (Å²) in [6.07, 6.45) is 15.4. The highest BCUT2D eigenvalue weighted by atomic mass is 16.1. The Kier molecular flexibility index (Phi) is 3.10. The monoisotopic (exact) mass is 212 g/mol. The minimum atomic E-state index is 0.0462. The molecule has 0 saturated heterocycles. The van der Waals surface area contributed by atoms with Gasteiger partial charge in [-0.2, -0.15) is 0 Å². The number of rotatable bonds is 3. The summed E-state index contributed by atoms with van der Waals surface area (Å²) in [5.41, 5.74) is 0.715. The lowest BCUT2D eigenvalue weighted by Crippen LogP contribution is -2.27. The van der Waals surface area contributed by atoms with Gasteiger partial charge in [0.1, 0.15) is 7.05 Å². The zero-order chi connectivity index (χ0) is 11.4. The molecule has 0 bridgehead atoms. The van der Waals surface area contributed by atoms with Crippen LogP contribution in [0.3, 0.4) is 0 Å². The molecule has 0 unspecified atom stereocenters. The van der Waals surface area contributed by atoms with Crippen LogP contribution < -0.4 is 4.57 Å². The van der Waals surface area contributed by atoms with Gasteiger partial charge in [0.05, 0.1) is 5.56 Å². The Labute approximate surface area is 95.2 Å². The maximum absolute atomic E-state index is 11.8. The second-order valence-electron chi connectivity index (χ2n) is 3.83. The molecule has 0 aromatic carbocycles. The van der Waals surface area contributed by atoms with Gasteiger partial charge in [0.15, 0.2) is 18.2 Å². The lowest BCUT2D eigenvalue weighted by molar-refractivity contribution is -0.671. The number of hydrogen-bond acceptors (Lipinski definition) is 1. The molecule has 0 saturated carbocycles. The minimum Gasteiger partial charge on any atom is -0.289 e. The van der Waals surface area contributed by atoms with Crippen LogP contribution in [0.2, 0.25) is 0 Å². The van der Waals surface area contributed by atoms with Crippen LogP contribution in [0, 0.1) is 5.92 Å². The van der Waals surface area contributed by atoms with Crippen LogP contribution in [0.25, 0.3) is 0 Å². The van der Waals surface area contributed by atoms with E-state index in [4.69, 9.17) is 0 Å². The number of carbonyl (C=O) groups is 1. The lowest BCUT2D eigenvalue weighted by Gasteiger charge is -1.96. The van der Waals surface area contributed by atoms with Crippen molar-refractivity contribution in [3.05, 3.63) is 66.5 Å². The van der Waals surface area contributed by atoms with Gasteiger partial charge in [0, 0.05) is 12.0 Å². The predicted octanol–water partition coefficient (Wildman–Crippen LogP) is 1.99. The summed E-state index contributed by atoms with van der Waals surface area (Å²) < 4.78 is 1.87. The molecule has 16 heavy (non-hydrogen) atoms. The first-order valence-corrected chi connectivity index (χ1v) is 5.28. The standard InChI is InChI=1S/C14H14NO/c1-15-10-4-7-13(11-15)14(16)9-8-12-5-2-3-6-12/h2-12H,1H3/q+1/b9-8+. The van der Waals surface area contributed by atoms with Gasteiger partial charge in [-0.15, -0.1) is 0 Å². The van der Waals surface area contributed by atoms with Crippen molar-refractivity contribution in [1.82, 2.24) is 0 Å². The second kappa shape index (κ2) is 4.71. The molecule has 0 N–H and O–H groups in total. The molecule has 0 fully saturated rings. The fourth-order valence-corrected chi connectivity index (χ4v) is 1.61. The van der Waals surface area contributed by atoms with Gasteiger partial charge in [-0.05, 0) is 12.1 Å². The summed E-state index contributed by atoms with van der Waals surface area (Å²) in [7, 11) is 1.91. The molecular formula is C14H14NO+. The number of carbonyl (C=O) groups excluding carboxylic acids is 1. The average molecular weight is 212 g/mol. The lowest BCUT2D eigenvalue weighted by atomic mass is 10.1. The van der Waals surface area contributed by atoms with Crippen molar-refractivity contribution < 1.29 is 9.36 Å². The van der Waals surface area contributed by atoms with Gasteiger partial charge in [-0.25, -0.2) is 4.57 Å². The number of aryl methyl sites for hydroxylation is 1. The summed E-state index contributed by atoms with van der Waals surface area (Å²) >= 11 is 0. The van der Waals surface area contributed by atoms with E-state index in [0.717, 1.165) is 0 Å². The van der Waals surface area contributed by atoms with E-state index in [-0.39, 0.29) is 11.7 Å². The number of allylic oxidation sites excluding steroid dienone is 6. The zero-order valence-corrected chi connectivity index (χ0v) is 9.21. The fraction of sp³-hybridized carbons (Fsp3) is 0.143. The van der Waals surface area contributed by atoms with Gasteiger partial charge in [-0.3, -0.25) is 4.79 Å². The fourth-order valence-electron chi connectivity index (χ4n) is 1.61. The Bertz CT molecular complexity index is 471. The van der Waals surface area contributed by atoms with E-state index in [2.05, 4.69) is 12.2 Å². The van der Waals surface area contributed by atoms with Crippen molar-refractivity contribution >= 4 is 5.78 Å². The summed E-state index contributed by atoms with van der Waals surface area (Å²) in [6, 6.07) is 3.70. The van der Waals surface area contributed by atoms with Crippen molar-refractivity contribution in [1.29, 1.82) is 0 Å². The molecule has 1 aliphatic rings. The zero-order valence-electron chi connectivity index (χ0n) is 9.21. The van der Waals surface area contributed by atoms with Crippen LogP contribution in [0.5, 0.6) is 0 Å². The summed E-state index contributed by atoms with van der Waals surface area (Å²) in [5.74, 6) is 0.311. The van der Waals surface area contributed by atoms with Crippen molar-refractivity contribution in [3.8, 4) is 0 Å². The third-order valence-corrected chi connectivity index (χ3v) is 2.47. The molecule has 0 aliphatic heterocycles. The van der Waals surface area contributed by atoms with Crippen molar-refractivity contribution in [3.63, 3.8) is 0 Å². The number of pyridine rings is 1. The van der Waals surface area contributed by atoms with Crippen LogP contribution in [-0.2, 0) is 7.05 Å². The normalized spacial score (nSPS) is 15.1. The summed E-state index contributed by atoms with van der Waals surface area (Å²) in [6.45, 7) is 0. The van der Waals surface area contributed by atoms with E-state index in [1.54, 1.807) is 6.08 Å². The van der Waals surface area contributed by atoms with Crippen LogP contribution in [-0.4, -0.2) is 5.78 Å². The molecule has 0 spiro atoms. The Morgan fingerprint density at radius 2 is 2.12 bits per heavy atom. The van der Waals surface area contributed by atoms with E-state index < -0.39 is 0 Å². The molecule has 0 amide bonds. The van der Waals surface area contributed by atoms with Crippen LogP contribution >= 0.6 is 0 Å². The number of aromatic nitrogens is 1. The van der Waals surface area contributed by atoms with Gasteiger partial charge in [0.25, 0.3) is 0 Å². The van der Waals surface area contributed by atoms with E-state index in [9.17, 15) is 4.79 Å². The molecule has 1 aliphatic carbocycles. The topological polar surface area (TPSA) is 20.9 Å². The SMILES string of the molecule is C[n+]1cccc(C(=O)/C=C/C2C=CC=C2)c1. The first-order valence-electron chi connectivity index (χ1n) is 5.28. The highest BCUT2D eigenvalue weighted by Gasteiger charge is 2.06. The van der Waals surface area contributed by atoms with Crippen molar-refractivity contribution in [2.75, 3.05) is 0 Å². The van der Waals surface area contributed by atoms with E-state index in [1.165, 1.54) is 0 Å². The molecule has 0 atom stereocenters. The smallest absolute Gasteiger partial charge is 0.191 e. The second-order valence-corrected chi connectivity index (χ2v) is 3.83. The van der Waals surface area contributed by atoms with Crippen LogP contribution in [0.4, 0.5) is 0 Å². The van der Waals surface area contributed by atoms with Gasteiger partial charge < -0.3 is 0 Å². The summed E-state index contributed by atoms with van der Waals surface area (Å²) in [5, 5.41) is 0. The highest BCUT2D eigenvalue weighted by molar-refractivity contribution is 6.04. The van der Waals surface area contributed by atoms with Gasteiger partial charge >= 0.3 is 0 Å². The Morgan fingerprint density at radius 1 is 1.38 bits per heavy atom. The molecule has 1 aromatic heterocycles. The molecule has 0 radical (unpaired) electrons. The molecule has 80 valence electrons. The van der Waals surface area contributed by atoms with Gasteiger partial charge in [-0.1, -0.05) is 30.4 Å². The predicted molar refractivity (Wildman–Crippen MR) is 62.9 cm³/mol. The molecule has 1 aromatic rings. The minimum absolute atomic E-state index is 0.0462. The molecule has 2 nitrogen and oxygen atoms in total. The third-order valence-electron chi connectivity index (χ3n) is 2.47. The quantitative estimate of drug-likeness (QED) is 0.426.